The van der Waals surface area contributed by atoms with E-state index in [-0.39, 0.29) is 18.2 Å². The van der Waals surface area contributed by atoms with E-state index < -0.39 is 5.82 Å². The number of nitrogens with zero attached hydrogens (tertiary/aromatic N) is 3. The number of hydrogen-bond donors (Lipinski definition) is 1. The predicted octanol–water partition coefficient (Wildman–Crippen LogP) is 1.38. The van der Waals surface area contributed by atoms with Crippen LogP contribution in [0.25, 0.3) is 5.69 Å². The van der Waals surface area contributed by atoms with Crippen molar-refractivity contribution in [3.63, 3.8) is 0 Å². The van der Waals surface area contributed by atoms with Crippen molar-refractivity contribution in [2.24, 2.45) is 0 Å². The maximum absolute atomic E-state index is 13.8. The minimum atomic E-state index is -0.500. The van der Waals surface area contributed by atoms with Crippen LogP contribution in [0.2, 0.25) is 0 Å². The van der Waals surface area contributed by atoms with Gasteiger partial charge in [-0.05, 0) is 25.1 Å². The van der Waals surface area contributed by atoms with Gasteiger partial charge in [-0.15, -0.1) is 0 Å². The van der Waals surface area contributed by atoms with Crippen molar-refractivity contribution in [3.05, 3.63) is 36.7 Å². The zero-order valence-electron chi connectivity index (χ0n) is 10.3. The lowest BCUT2D eigenvalue weighted by atomic mass is 10.2. The minimum absolute atomic E-state index is 0.0526. The van der Waals surface area contributed by atoms with Crippen LogP contribution in [-0.4, -0.2) is 33.9 Å². The fraction of sp³-hybridized carbons (Fsp3) is 0.250. The van der Waals surface area contributed by atoms with Gasteiger partial charge in [-0.1, -0.05) is 0 Å². The van der Waals surface area contributed by atoms with Crippen molar-refractivity contribution < 1.29 is 13.9 Å². The quantitative estimate of drug-likeness (QED) is 0.885. The van der Waals surface area contributed by atoms with E-state index in [0.29, 0.717) is 12.3 Å². The van der Waals surface area contributed by atoms with E-state index >= 15 is 0 Å². The average molecular weight is 264 g/mol. The van der Waals surface area contributed by atoms with Gasteiger partial charge in [0, 0.05) is 12.3 Å². The summed E-state index contributed by atoms with van der Waals surface area (Å²) in [5.74, 6) is -0.825. The molecule has 2 rings (SSSR count). The van der Waals surface area contributed by atoms with Crippen LogP contribution < -0.4 is 5.32 Å². The molecule has 0 fully saturated rings. The van der Waals surface area contributed by atoms with Gasteiger partial charge in [-0.3, -0.25) is 4.79 Å². The second kappa shape index (κ2) is 6.05. The maximum atomic E-state index is 13.8. The van der Waals surface area contributed by atoms with Crippen LogP contribution in [0.15, 0.2) is 30.9 Å². The number of carbonyl (C=O) groups excluding carboxylic acids is 1. The van der Waals surface area contributed by atoms with Crippen molar-refractivity contribution in [1.29, 1.82) is 0 Å². The fourth-order valence-corrected chi connectivity index (χ4v) is 1.49. The van der Waals surface area contributed by atoms with Gasteiger partial charge in [0.1, 0.15) is 24.9 Å². The van der Waals surface area contributed by atoms with Gasteiger partial charge in [-0.25, -0.2) is 14.1 Å². The van der Waals surface area contributed by atoms with Crippen LogP contribution in [0.3, 0.4) is 0 Å². The topological polar surface area (TPSA) is 69.0 Å². The van der Waals surface area contributed by atoms with Gasteiger partial charge in [0.15, 0.2) is 5.82 Å². The van der Waals surface area contributed by atoms with E-state index in [2.05, 4.69) is 15.4 Å². The number of amides is 1. The highest BCUT2D eigenvalue weighted by Crippen LogP contribution is 2.17. The Labute approximate surface area is 109 Å². The third-order valence-electron chi connectivity index (χ3n) is 2.33. The van der Waals surface area contributed by atoms with Crippen LogP contribution in [0.1, 0.15) is 6.92 Å². The van der Waals surface area contributed by atoms with Gasteiger partial charge in [0.2, 0.25) is 5.91 Å². The SMILES string of the molecule is CCOCC(=O)Nc1ccc(-n2cncn2)c(F)c1. The molecule has 1 N–H and O–H groups in total. The average Bonchev–Trinajstić information content (AvgIpc) is 2.90. The summed E-state index contributed by atoms with van der Waals surface area (Å²) in [6.07, 6.45) is 2.71. The number of benzene rings is 1. The van der Waals surface area contributed by atoms with E-state index in [1.54, 1.807) is 13.0 Å². The molecule has 0 saturated carbocycles. The molecule has 0 unspecified atom stereocenters. The first-order chi connectivity index (χ1) is 9.20. The number of halogens is 1. The zero-order valence-corrected chi connectivity index (χ0v) is 10.3. The Kier molecular flexibility index (Phi) is 4.19. The van der Waals surface area contributed by atoms with Crippen LogP contribution in [-0.2, 0) is 9.53 Å². The first kappa shape index (κ1) is 13.2. The van der Waals surface area contributed by atoms with Gasteiger partial charge in [0.05, 0.1) is 0 Å². The van der Waals surface area contributed by atoms with E-state index in [9.17, 15) is 9.18 Å². The van der Waals surface area contributed by atoms with Gasteiger partial charge in [0.25, 0.3) is 0 Å². The van der Waals surface area contributed by atoms with Crippen LogP contribution >= 0.6 is 0 Å². The van der Waals surface area contributed by atoms with Crippen LogP contribution in [0, 0.1) is 5.82 Å². The van der Waals surface area contributed by atoms with Gasteiger partial charge < -0.3 is 10.1 Å². The fourth-order valence-electron chi connectivity index (χ4n) is 1.49. The zero-order chi connectivity index (χ0) is 13.7. The summed E-state index contributed by atoms with van der Waals surface area (Å²) in [4.78, 5) is 15.2. The van der Waals surface area contributed by atoms with E-state index in [0.717, 1.165) is 0 Å². The molecule has 19 heavy (non-hydrogen) atoms. The Morgan fingerprint density at radius 2 is 2.37 bits per heavy atom. The Morgan fingerprint density at radius 1 is 1.53 bits per heavy atom. The lowest BCUT2D eigenvalue weighted by molar-refractivity contribution is -0.120. The third-order valence-corrected chi connectivity index (χ3v) is 2.33. The van der Waals surface area contributed by atoms with E-state index in [1.165, 1.54) is 29.5 Å². The summed E-state index contributed by atoms with van der Waals surface area (Å²) in [5.41, 5.74) is 0.631. The molecule has 0 aliphatic rings. The first-order valence-corrected chi connectivity index (χ1v) is 5.73. The molecule has 0 aliphatic carbocycles. The summed E-state index contributed by atoms with van der Waals surface area (Å²) < 4.78 is 20.1. The summed E-state index contributed by atoms with van der Waals surface area (Å²) >= 11 is 0. The molecule has 1 aromatic carbocycles. The second-order valence-corrected chi connectivity index (χ2v) is 3.69. The second-order valence-electron chi connectivity index (χ2n) is 3.69. The molecular weight excluding hydrogens is 251 g/mol. The Bertz CT molecular complexity index is 557. The third kappa shape index (κ3) is 3.35. The summed E-state index contributed by atoms with van der Waals surface area (Å²) in [7, 11) is 0. The molecule has 100 valence electrons. The van der Waals surface area contributed by atoms with Crippen molar-refractivity contribution in [1.82, 2.24) is 14.8 Å². The van der Waals surface area contributed by atoms with Crippen molar-refractivity contribution in [2.75, 3.05) is 18.5 Å². The van der Waals surface area contributed by atoms with Crippen molar-refractivity contribution in [3.8, 4) is 5.69 Å². The molecule has 0 bridgehead atoms. The van der Waals surface area contributed by atoms with Crippen molar-refractivity contribution >= 4 is 11.6 Å². The highest BCUT2D eigenvalue weighted by molar-refractivity contribution is 5.91. The highest BCUT2D eigenvalue weighted by Gasteiger charge is 2.08. The van der Waals surface area contributed by atoms with Gasteiger partial charge >= 0.3 is 0 Å². The minimum Gasteiger partial charge on any atom is -0.372 e. The molecule has 1 heterocycles. The van der Waals surface area contributed by atoms with E-state index in [1.807, 2.05) is 0 Å². The normalized spacial score (nSPS) is 10.4. The summed E-state index contributed by atoms with van der Waals surface area (Å²) in [6.45, 7) is 2.19. The standard InChI is InChI=1S/C12H13FN4O2/c1-2-19-6-12(18)16-9-3-4-11(10(13)5-9)17-8-14-7-15-17/h3-5,7-8H,2,6H2,1H3,(H,16,18). The largest absolute Gasteiger partial charge is 0.372 e. The molecule has 1 aromatic heterocycles. The molecule has 0 radical (unpaired) electrons. The summed E-state index contributed by atoms with van der Waals surface area (Å²) in [5, 5.41) is 6.38. The number of anilines is 1. The first-order valence-electron chi connectivity index (χ1n) is 5.73. The van der Waals surface area contributed by atoms with Crippen LogP contribution in [0.5, 0.6) is 0 Å². The number of ether oxygens (including phenoxy) is 1. The summed E-state index contributed by atoms with van der Waals surface area (Å²) in [6, 6.07) is 4.32. The maximum Gasteiger partial charge on any atom is 0.250 e. The molecule has 7 heteroatoms. The van der Waals surface area contributed by atoms with Gasteiger partial charge in [-0.2, -0.15) is 5.10 Å². The van der Waals surface area contributed by atoms with Crippen molar-refractivity contribution in [2.45, 2.75) is 6.92 Å². The molecule has 2 aromatic rings. The smallest absolute Gasteiger partial charge is 0.250 e. The molecule has 0 spiro atoms. The lowest BCUT2D eigenvalue weighted by Gasteiger charge is -2.07. The Morgan fingerprint density at radius 3 is 3.00 bits per heavy atom. The monoisotopic (exact) mass is 264 g/mol. The molecule has 0 atom stereocenters. The Hall–Kier alpha value is -2.28. The number of aromatic nitrogens is 3. The van der Waals surface area contributed by atoms with E-state index in [4.69, 9.17) is 4.74 Å². The molecule has 0 saturated heterocycles. The number of nitrogens with one attached hydrogen (secondary N) is 1. The Balaban J connectivity index is 2.09. The number of hydrogen-bond acceptors (Lipinski definition) is 4. The lowest BCUT2D eigenvalue weighted by Crippen LogP contribution is -2.18. The molecule has 0 aliphatic heterocycles. The predicted molar refractivity (Wildman–Crippen MR) is 66.4 cm³/mol. The molecule has 6 nitrogen and oxygen atoms in total. The molecule has 1 amide bonds. The van der Waals surface area contributed by atoms with Crippen LogP contribution in [0.4, 0.5) is 10.1 Å². The number of carbonyl (C=O) groups is 1. The number of rotatable bonds is 5. The molecular formula is C12H13FN4O2. The highest BCUT2D eigenvalue weighted by atomic mass is 19.1.